The molecular formula is C27H43NO3. The van der Waals surface area contributed by atoms with E-state index in [1.807, 2.05) is 0 Å². The third-order valence-electron chi connectivity index (χ3n) is 10.3. The molecule has 0 aromatic rings. The van der Waals surface area contributed by atoms with E-state index in [-0.39, 0.29) is 34.4 Å². The number of carbonyl (C=O) groups is 2. The van der Waals surface area contributed by atoms with Crippen LogP contribution in [0.3, 0.4) is 0 Å². The molecule has 4 rings (SSSR count). The van der Waals surface area contributed by atoms with Gasteiger partial charge in [-0.3, -0.25) is 4.79 Å². The van der Waals surface area contributed by atoms with Gasteiger partial charge in [-0.15, -0.1) is 0 Å². The van der Waals surface area contributed by atoms with Gasteiger partial charge in [0.15, 0.2) is 0 Å². The lowest BCUT2D eigenvalue weighted by molar-refractivity contribution is -0.168. The van der Waals surface area contributed by atoms with Crippen molar-refractivity contribution in [1.82, 2.24) is 5.32 Å². The molecule has 174 valence electrons. The lowest BCUT2D eigenvalue weighted by Gasteiger charge is -2.58. The van der Waals surface area contributed by atoms with Crippen LogP contribution in [-0.4, -0.2) is 23.5 Å². The van der Waals surface area contributed by atoms with E-state index in [1.165, 1.54) is 6.42 Å². The molecule has 0 bridgehead atoms. The summed E-state index contributed by atoms with van der Waals surface area (Å²) in [5.74, 6) is 2.07. The standard InChI is InChI=1S/C27H43NO3/c1-6-15-27(7-2,8-3)28-24(30)21-11-10-19-18-9-12-22-26(5,17-14-23(29)31-22)20(18)13-16-25(19,21)4/h14,17-22H,6-13,15-16H2,1-5H3,(H,28,30)/t18-,19-,20+,21?,22?,25-,26+/m0/s1. The van der Waals surface area contributed by atoms with Gasteiger partial charge in [0.1, 0.15) is 6.10 Å². The van der Waals surface area contributed by atoms with Crippen LogP contribution in [0.25, 0.3) is 0 Å². The molecule has 3 aliphatic carbocycles. The van der Waals surface area contributed by atoms with Gasteiger partial charge >= 0.3 is 5.97 Å². The van der Waals surface area contributed by atoms with Crippen molar-refractivity contribution >= 4 is 11.9 Å². The summed E-state index contributed by atoms with van der Waals surface area (Å²) in [5, 5.41) is 3.55. The molecule has 3 saturated carbocycles. The fraction of sp³-hybridized carbons (Fsp3) is 0.852. The van der Waals surface area contributed by atoms with E-state index in [9.17, 15) is 9.59 Å². The van der Waals surface area contributed by atoms with Crippen LogP contribution < -0.4 is 5.32 Å². The normalized spacial score (nSPS) is 41.7. The molecule has 1 heterocycles. The van der Waals surface area contributed by atoms with Crippen molar-refractivity contribution in [3.05, 3.63) is 12.2 Å². The van der Waals surface area contributed by atoms with Crippen molar-refractivity contribution in [2.45, 2.75) is 110 Å². The fourth-order valence-electron chi connectivity index (χ4n) is 8.30. The van der Waals surface area contributed by atoms with Crippen LogP contribution in [0.5, 0.6) is 0 Å². The Hall–Kier alpha value is -1.32. The molecule has 1 N–H and O–H groups in total. The Morgan fingerprint density at radius 2 is 1.84 bits per heavy atom. The SMILES string of the molecule is CCCC(CC)(CC)NC(=O)C1CC[C@H]2[C@@H]3CCC4OC(=O)C=C[C@]4(C)[C@@H]3CC[C@]12C. The minimum atomic E-state index is -0.179. The molecular weight excluding hydrogens is 386 g/mol. The molecule has 4 nitrogen and oxygen atoms in total. The maximum absolute atomic E-state index is 13.6. The lowest BCUT2D eigenvalue weighted by atomic mass is 9.48. The number of hydrogen-bond acceptors (Lipinski definition) is 3. The quantitative estimate of drug-likeness (QED) is 0.543. The van der Waals surface area contributed by atoms with Crippen molar-refractivity contribution in [3.63, 3.8) is 0 Å². The average molecular weight is 430 g/mol. The Morgan fingerprint density at radius 3 is 2.52 bits per heavy atom. The zero-order chi connectivity index (χ0) is 22.4. The van der Waals surface area contributed by atoms with Gasteiger partial charge in [0, 0.05) is 22.9 Å². The first-order valence-electron chi connectivity index (χ1n) is 12.9. The number of fused-ring (bicyclic) bond motifs is 5. The molecule has 1 aliphatic heterocycles. The Balaban J connectivity index is 1.54. The monoisotopic (exact) mass is 429 g/mol. The first kappa shape index (κ1) is 22.9. The largest absolute Gasteiger partial charge is 0.458 e. The number of esters is 1. The van der Waals surface area contributed by atoms with Crippen molar-refractivity contribution in [2.75, 3.05) is 0 Å². The first-order chi connectivity index (χ1) is 14.7. The number of carbonyl (C=O) groups excluding carboxylic acids is 2. The highest BCUT2D eigenvalue weighted by Crippen LogP contribution is 2.65. The average Bonchev–Trinajstić information content (AvgIpc) is 3.11. The van der Waals surface area contributed by atoms with Crippen LogP contribution in [0.15, 0.2) is 12.2 Å². The Bertz CT molecular complexity index is 741. The highest BCUT2D eigenvalue weighted by Gasteiger charge is 2.61. The minimum Gasteiger partial charge on any atom is -0.458 e. The number of nitrogens with one attached hydrogen (secondary N) is 1. The van der Waals surface area contributed by atoms with Crippen molar-refractivity contribution in [3.8, 4) is 0 Å². The highest BCUT2D eigenvalue weighted by atomic mass is 16.5. The van der Waals surface area contributed by atoms with Crippen LogP contribution in [0.2, 0.25) is 0 Å². The molecule has 31 heavy (non-hydrogen) atoms. The fourth-order valence-corrected chi connectivity index (χ4v) is 8.30. The van der Waals surface area contributed by atoms with Crippen molar-refractivity contribution < 1.29 is 14.3 Å². The number of ether oxygens (including phenoxy) is 1. The molecule has 0 aromatic carbocycles. The first-order valence-corrected chi connectivity index (χ1v) is 12.9. The zero-order valence-corrected chi connectivity index (χ0v) is 20.3. The topological polar surface area (TPSA) is 55.4 Å². The van der Waals surface area contributed by atoms with E-state index in [2.05, 4.69) is 46.0 Å². The molecule has 7 atom stereocenters. The van der Waals surface area contributed by atoms with Crippen LogP contribution in [0.4, 0.5) is 0 Å². The third kappa shape index (κ3) is 3.56. The highest BCUT2D eigenvalue weighted by molar-refractivity contribution is 5.83. The predicted octanol–water partition coefficient (Wildman–Crippen LogP) is 5.80. The van der Waals surface area contributed by atoms with Crippen LogP contribution in [0, 0.1) is 34.5 Å². The van der Waals surface area contributed by atoms with E-state index in [4.69, 9.17) is 4.74 Å². The van der Waals surface area contributed by atoms with Gasteiger partial charge in [0.25, 0.3) is 0 Å². The predicted molar refractivity (Wildman–Crippen MR) is 123 cm³/mol. The summed E-state index contributed by atoms with van der Waals surface area (Å²) in [7, 11) is 0. The molecule has 1 amide bonds. The van der Waals surface area contributed by atoms with E-state index < -0.39 is 0 Å². The number of amides is 1. The van der Waals surface area contributed by atoms with Crippen LogP contribution in [-0.2, 0) is 14.3 Å². The van der Waals surface area contributed by atoms with Gasteiger partial charge in [-0.05, 0) is 81.0 Å². The number of rotatable bonds is 6. The summed E-state index contributed by atoms with van der Waals surface area (Å²) in [6, 6.07) is 0. The Morgan fingerprint density at radius 1 is 1.10 bits per heavy atom. The minimum absolute atomic E-state index is 0.0277. The molecule has 0 saturated heterocycles. The summed E-state index contributed by atoms with van der Waals surface area (Å²) in [6.07, 6.45) is 14.5. The van der Waals surface area contributed by atoms with Crippen molar-refractivity contribution in [1.29, 1.82) is 0 Å². The van der Waals surface area contributed by atoms with Crippen LogP contribution in [0.1, 0.15) is 98.8 Å². The van der Waals surface area contributed by atoms with E-state index in [0.29, 0.717) is 23.7 Å². The van der Waals surface area contributed by atoms with Gasteiger partial charge in [-0.25, -0.2) is 4.79 Å². The maximum Gasteiger partial charge on any atom is 0.330 e. The van der Waals surface area contributed by atoms with Crippen LogP contribution >= 0.6 is 0 Å². The second-order valence-corrected chi connectivity index (χ2v) is 11.5. The van der Waals surface area contributed by atoms with E-state index in [0.717, 1.165) is 57.8 Å². The summed E-state index contributed by atoms with van der Waals surface area (Å²) in [4.78, 5) is 25.4. The van der Waals surface area contributed by atoms with E-state index in [1.54, 1.807) is 6.08 Å². The summed E-state index contributed by atoms with van der Waals surface area (Å²) in [5.41, 5.74) is 0.0158. The molecule has 3 fully saturated rings. The summed E-state index contributed by atoms with van der Waals surface area (Å²) in [6.45, 7) is 11.4. The lowest BCUT2D eigenvalue weighted by Crippen LogP contribution is -2.57. The zero-order valence-electron chi connectivity index (χ0n) is 20.3. The molecule has 4 heteroatoms. The van der Waals surface area contributed by atoms with Gasteiger partial charge in [0.05, 0.1) is 0 Å². The molecule has 2 unspecified atom stereocenters. The van der Waals surface area contributed by atoms with Gasteiger partial charge in [0.2, 0.25) is 5.91 Å². The maximum atomic E-state index is 13.6. The molecule has 0 spiro atoms. The smallest absolute Gasteiger partial charge is 0.330 e. The Labute approximate surface area is 189 Å². The van der Waals surface area contributed by atoms with E-state index >= 15 is 0 Å². The molecule has 0 radical (unpaired) electrons. The molecule has 4 aliphatic rings. The Kier molecular flexibility index (Phi) is 6.07. The third-order valence-corrected chi connectivity index (χ3v) is 10.3. The van der Waals surface area contributed by atoms with Gasteiger partial charge in [-0.1, -0.05) is 47.1 Å². The summed E-state index contributed by atoms with van der Waals surface area (Å²) >= 11 is 0. The van der Waals surface area contributed by atoms with Crippen molar-refractivity contribution in [2.24, 2.45) is 34.5 Å². The second-order valence-electron chi connectivity index (χ2n) is 11.5. The summed E-state index contributed by atoms with van der Waals surface area (Å²) < 4.78 is 5.75. The van der Waals surface area contributed by atoms with Gasteiger partial charge < -0.3 is 10.1 Å². The second kappa shape index (κ2) is 8.23. The van der Waals surface area contributed by atoms with Gasteiger partial charge in [-0.2, -0.15) is 0 Å². The number of hydrogen-bond donors (Lipinski definition) is 1. The molecule has 0 aromatic heterocycles.